The van der Waals surface area contributed by atoms with Crippen LogP contribution in [0, 0.1) is 0 Å². The molecule has 0 aliphatic carbocycles. The number of carbonyl (C=O) groups excluding carboxylic acids is 4. The van der Waals surface area contributed by atoms with Gasteiger partial charge in [0.1, 0.15) is 34.9 Å². The predicted octanol–water partition coefficient (Wildman–Crippen LogP) is 1.37. The van der Waals surface area contributed by atoms with Crippen molar-refractivity contribution in [2.75, 3.05) is 0 Å². The number of rotatable bonds is 13. The Morgan fingerprint density at radius 1 is 0.675 bits per heavy atom. The molecule has 40 heavy (non-hydrogen) atoms. The third-order valence-electron chi connectivity index (χ3n) is 8.04. The second-order valence-corrected chi connectivity index (χ2v) is 15.4. The van der Waals surface area contributed by atoms with E-state index in [9.17, 15) is 39.0 Å². The summed E-state index contributed by atoms with van der Waals surface area (Å²) in [6.07, 6.45) is 5.40. The molecule has 0 aromatic heterocycles. The van der Waals surface area contributed by atoms with Crippen molar-refractivity contribution in [1.29, 1.82) is 0 Å². The largest absolute Gasteiger partial charge is 0.480 e. The van der Waals surface area contributed by atoms with Gasteiger partial charge in [-0.2, -0.15) is 0 Å². The standard InChI is InChI=1S/C26H38N4O8S2/c1-25(2)17(23(35)36)29-19(33)15(21(29)39-25)27-13(31)11-9-7-5-6-8-10-12-14(32)28-16-20(34)30-18(24(37)38)26(3,4)40-22(16)30/h15-18,21-22H,5-12H2,1-4H3,(H,27,31)(H,28,32)(H,35,36)(H,37,38)/t15-,16-,17+,18+,21-,22-/m1/s1. The van der Waals surface area contributed by atoms with Crippen LogP contribution in [0.15, 0.2) is 0 Å². The summed E-state index contributed by atoms with van der Waals surface area (Å²) >= 11 is 2.80. The van der Waals surface area contributed by atoms with Crippen molar-refractivity contribution in [2.24, 2.45) is 0 Å². The number of β-lactam (4-membered cyclic amide) rings is 2. The first-order valence-electron chi connectivity index (χ1n) is 13.7. The number of thioether (sulfide) groups is 2. The van der Waals surface area contributed by atoms with Crippen LogP contribution in [0.2, 0.25) is 0 Å². The van der Waals surface area contributed by atoms with Crippen molar-refractivity contribution in [3.63, 3.8) is 0 Å². The Kier molecular flexibility index (Phi) is 8.70. The molecule has 4 saturated heterocycles. The molecule has 0 aromatic carbocycles. The Hall–Kier alpha value is -2.48. The highest BCUT2D eigenvalue weighted by Crippen LogP contribution is 2.51. The number of carboxylic acid groups (broad SMARTS) is 2. The Bertz CT molecular complexity index is 1010. The minimum atomic E-state index is -1.04. The number of aliphatic carboxylic acids is 2. The number of hydrogen-bond acceptors (Lipinski definition) is 8. The van der Waals surface area contributed by atoms with Gasteiger partial charge in [-0.1, -0.05) is 25.7 Å². The molecule has 4 aliphatic rings. The lowest BCUT2D eigenvalue weighted by Gasteiger charge is -2.43. The SMILES string of the molecule is CC1(C)S[C@@H]2[C@H](NC(=O)CCCCCCCCC(=O)N[C@@H]3C(=O)N4[C@@H]3SC(C)(C)[C@@H]4C(=O)O)C(=O)N2[C@H]1C(=O)O. The van der Waals surface area contributed by atoms with Crippen molar-refractivity contribution >= 4 is 59.1 Å². The van der Waals surface area contributed by atoms with Crippen LogP contribution in [0.5, 0.6) is 0 Å². The van der Waals surface area contributed by atoms with Gasteiger partial charge < -0.3 is 30.6 Å². The summed E-state index contributed by atoms with van der Waals surface area (Å²) in [5.41, 5.74) is 0. The molecule has 6 atom stereocenters. The van der Waals surface area contributed by atoms with Crippen LogP contribution in [0.1, 0.15) is 79.1 Å². The van der Waals surface area contributed by atoms with E-state index in [0.29, 0.717) is 25.7 Å². The molecule has 0 bridgehead atoms. The van der Waals surface area contributed by atoms with Gasteiger partial charge in [0.05, 0.1) is 0 Å². The van der Waals surface area contributed by atoms with Crippen molar-refractivity contribution in [1.82, 2.24) is 20.4 Å². The topological polar surface area (TPSA) is 173 Å². The molecule has 4 aliphatic heterocycles. The van der Waals surface area contributed by atoms with Crippen LogP contribution >= 0.6 is 23.5 Å². The number of amides is 4. The minimum Gasteiger partial charge on any atom is -0.480 e. The van der Waals surface area contributed by atoms with Crippen molar-refractivity contribution in [3.05, 3.63) is 0 Å². The lowest BCUT2D eigenvalue weighted by molar-refractivity contribution is -0.161. The molecule has 4 heterocycles. The Morgan fingerprint density at radius 2 is 1.00 bits per heavy atom. The molecular weight excluding hydrogens is 560 g/mol. The van der Waals surface area contributed by atoms with Crippen LogP contribution in [0.4, 0.5) is 0 Å². The van der Waals surface area contributed by atoms with E-state index in [1.54, 1.807) is 27.7 Å². The molecule has 0 saturated carbocycles. The first-order chi connectivity index (χ1) is 18.7. The van der Waals surface area contributed by atoms with Crippen molar-refractivity contribution in [3.8, 4) is 0 Å². The number of nitrogens with zero attached hydrogens (tertiary/aromatic N) is 2. The average molecular weight is 599 g/mol. The van der Waals surface area contributed by atoms with Gasteiger partial charge in [0, 0.05) is 22.3 Å². The Balaban J connectivity index is 1.05. The van der Waals surface area contributed by atoms with Crippen LogP contribution in [0.3, 0.4) is 0 Å². The van der Waals surface area contributed by atoms with Crippen molar-refractivity contribution in [2.45, 2.75) is 123 Å². The second-order valence-electron chi connectivity index (χ2n) is 11.9. The van der Waals surface area contributed by atoms with Gasteiger partial charge in [-0.15, -0.1) is 23.5 Å². The van der Waals surface area contributed by atoms with Gasteiger partial charge in [0.15, 0.2) is 0 Å². The van der Waals surface area contributed by atoms with E-state index in [0.717, 1.165) is 25.7 Å². The lowest BCUT2D eigenvalue weighted by Crippen LogP contribution is -2.70. The van der Waals surface area contributed by atoms with E-state index in [1.807, 2.05) is 0 Å². The fraction of sp³-hybridized carbons (Fsp3) is 0.769. The molecule has 14 heteroatoms. The Morgan fingerprint density at radius 3 is 1.32 bits per heavy atom. The lowest BCUT2D eigenvalue weighted by atomic mass is 9.96. The van der Waals surface area contributed by atoms with Crippen molar-refractivity contribution < 1.29 is 39.0 Å². The number of carboxylic acids is 2. The molecule has 4 rings (SSSR count). The summed E-state index contributed by atoms with van der Waals surface area (Å²) in [4.78, 5) is 75.6. The molecule has 0 unspecified atom stereocenters. The van der Waals surface area contributed by atoms with E-state index in [2.05, 4.69) is 10.6 Å². The minimum absolute atomic E-state index is 0.213. The summed E-state index contributed by atoms with van der Waals surface area (Å²) in [5.74, 6) is -3.19. The first kappa shape index (κ1) is 30.5. The maximum Gasteiger partial charge on any atom is 0.327 e. The van der Waals surface area contributed by atoms with Crippen LogP contribution < -0.4 is 10.6 Å². The monoisotopic (exact) mass is 598 g/mol. The fourth-order valence-corrected chi connectivity index (χ4v) is 9.31. The highest BCUT2D eigenvalue weighted by molar-refractivity contribution is 8.02. The molecule has 0 spiro atoms. The molecular formula is C26H38N4O8S2. The Labute approximate surface area is 241 Å². The molecule has 4 amide bonds. The number of fused-ring (bicyclic) bond motifs is 2. The van der Waals surface area contributed by atoms with E-state index in [-0.39, 0.29) is 34.4 Å². The molecule has 222 valence electrons. The predicted molar refractivity (Wildman–Crippen MR) is 148 cm³/mol. The van der Waals surface area contributed by atoms with Crippen LogP contribution in [0.25, 0.3) is 0 Å². The first-order valence-corrected chi connectivity index (χ1v) is 15.5. The van der Waals surface area contributed by atoms with Gasteiger partial charge in [-0.25, -0.2) is 9.59 Å². The number of hydrogen-bond donors (Lipinski definition) is 4. The second kappa shape index (κ2) is 11.4. The maximum atomic E-state index is 12.5. The van der Waals surface area contributed by atoms with Crippen LogP contribution in [-0.4, -0.2) is 100.0 Å². The molecule has 4 fully saturated rings. The zero-order valence-corrected chi connectivity index (χ0v) is 24.8. The molecule has 0 radical (unpaired) electrons. The van der Waals surface area contributed by atoms with Gasteiger partial charge in [-0.3, -0.25) is 19.2 Å². The summed E-state index contributed by atoms with van der Waals surface area (Å²) in [6.45, 7) is 7.18. The van der Waals surface area contributed by atoms with Gasteiger partial charge in [-0.05, 0) is 40.5 Å². The van der Waals surface area contributed by atoms with E-state index in [1.165, 1.54) is 33.3 Å². The van der Waals surface area contributed by atoms with E-state index < -0.39 is 45.6 Å². The third-order valence-corrected chi connectivity index (χ3v) is 11.2. The third kappa shape index (κ3) is 5.65. The zero-order valence-electron chi connectivity index (χ0n) is 23.2. The summed E-state index contributed by atoms with van der Waals surface area (Å²) in [7, 11) is 0. The zero-order chi connectivity index (χ0) is 29.6. The number of carbonyl (C=O) groups is 6. The number of nitrogens with one attached hydrogen (secondary N) is 2. The van der Waals surface area contributed by atoms with Gasteiger partial charge >= 0.3 is 11.9 Å². The fourth-order valence-electron chi connectivity index (χ4n) is 6.06. The highest BCUT2D eigenvalue weighted by Gasteiger charge is 2.65. The molecule has 0 aromatic rings. The molecule has 12 nitrogen and oxygen atoms in total. The summed E-state index contributed by atoms with van der Waals surface area (Å²) < 4.78 is -1.25. The summed E-state index contributed by atoms with van der Waals surface area (Å²) in [5, 5.41) is 23.8. The number of unbranched alkanes of at least 4 members (excludes halogenated alkanes) is 5. The quantitative estimate of drug-likeness (QED) is 0.179. The van der Waals surface area contributed by atoms with Crippen LogP contribution in [-0.2, 0) is 28.8 Å². The maximum absolute atomic E-state index is 12.5. The highest BCUT2D eigenvalue weighted by atomic mass is 32.2. The van der Waals surface area contributed by atoms with Gasteiger partial charge in [0.2, 0.25) is 23.6 Å². The smallest absolute Gasteiger partial charge is 0.327 e. The van der Waals surface area contributed by atoms with Gasteiger partial charge in [0.25, 0.3) is 0 Å². The normalized spacial score (nSPS) is 31.1. The average Bonchev–Trinajstić information content (AvgIpc) is 3.27. The summed E-state index contributed by atoms with van der Waals surface area (Å²) in [6, 6.07) is -3.15. The van der Waals surface area contributed by atoms with E-state index in [4.69, 9.17) is 0 Å². The van der Waals surface area contributed by atoms with E-state index >= 15 is 0 Å². The molecule has 4 N–H and O–H groups in total.